The minimum Gasteiger partial charge on any atom is -0.375 e. The molecule has 4 nitrogen and oxygen atoms in total. The van der Waals surface area contributed by atoms with Gasteiger partial charge in [-0.15, -0.1) is 0 Å². The number of benzene rings is 1. The molecule has 1 aromatic heterocycles. The largest absolute Gasteiger partial charge is 0.375 e. The summed E-state index contributed by atoms with van der Waals surface area (Å²) >= 11 is 0. The fourth-order valence-electron chi connectivity index (χ4n) is 2.17. The molecule has 0 bridgehead atoms. The van der Waals surface area contributed by atoms with Gasteiger partial charge in [0.25, 0.3) is 0 Å². The van der Waals surface area contributed by atoms with E-state index in [1.165, 1.54) is 0 Å². The van der Waals surface area contributed by atoms with E-state index in [2.05, 4.69) is 10.4 Å². The van der Waals surface area contributed by atoms with Gasteiger partial charge in [0.2, 0.25) is 0 Å². The molecule has 4 heteroatoms. The Morgan fingerprint density at radius 2 is 1.89 bits per heavy atom. The summed E-state index contributed by atoms with van der Waals surface area (Å²) in [5.74, 6) is 5.68. The van der Waals surface area contributed by atoms with Crippen LogP contribution in [0.3, 0.4) is 0 Å². The fraction of sp³-hybridized carbons (Fsp3) is 0.267. The molecule has 2 aromatic rings. The van der Waals surface area contributed by atoms with Crippen molar-refractivity contribution in [2.75, 3.05) is 7.11 Å². The van der Waals surface area contributed by atoms with Crippen LogP contribution >= 0.6 is 0 Å². The number of aromatic nitrogens is 1. The van der Waals surface area contributed by atoms with Gasteiger partial charge in [-0.2, -0.15) is 0 Å². The van der Waals surface area contributed by atoms with Gasteiger partial charge in [0.05, 0.1) is 12.1 Å². The van der Waals surface area contributed by atoms with Gasteiger partial charge in [0, 0.05) is 25.4 Å². The zero-order chi connectivity index (χ0) is 13.5. The number of hydrogen-bond donors (Lipinski definition) is 2. The lowest BCUT2D eigenvalue weighted by molar-refractivity contribution is 0.0675. The predicted molar refractivity (Wildman–Crippen MR) is 75.2 cm³/mol. The number of nitrogens with one attached hydrogen (secondary N) is 1. The summed E-state index contributed by atoms with van der Waals surface area (Å²) in [6.45, 7) is 0. The van der Waals surface area contributed by atoms with Crippen molar-refractivity contribution in [2.45, 2.75) is 18.6 Å². The van der Waals surface area contributed by atoms with Crippen molar-refractivity contribution in [2.24, 2.45) is 5.84 Å². The number of pyridine rings is 1. The highest BCUT2D eigenvalue weighted by Crippen LogP contribution is 2.22. The molecule has 0 aliphatic heterocycles. The lowest BCUT2D eigenvalue weighted by Crippen LogP contribution is -2.42. The van der Waals surface area contributed by atoms with Crippen molar-refractivity contribution in [3.63, 3.8) is 0 Å². The first-order valence-electron chi connectivity index (χ1n) is 6.29. The van der Waals surface area contributed by atoms with Crippen LogP contribution in [0.4, 0.5) is 0 Å². The van der Waals surface area contributed by atoms with Gasteiger partial charge >= 0.3 is 0 Å². The molecule has 19 heavy (non-hydrogen) atoms. The smallest absolute Gasteiger partial charge is 0.0991 e. The van der Waals surface area contributed by atoms with E-state index in [1.807, 2.05) is 48.5 Å². The molecule has 0 aliphatic carbocycles. The lowest BCUT2D eigenvalue weighted by atomic mass is 9.98. The quantitative estimate of drug-likeness (QED) is 0.612. The Hall–Kier alpha value is -1.75. The van der Waals surface area contributed by atoms with Crippen LogP contribution in [-0.4, -0.2) is 18.1 Å². The number of nitrogens with zero attached hydrogens (tertiary/aromatic N) is 1. The Morgan fingerprint density at radius 3 is 2.47 bits per heavy atom. The molecule has 0 fully saturated rings. The zero-order valence-electron chi connectivity index (χ0n) is 11.0. The van der Waals surface area contributed by atoms with Gasteiger partial charge in [-0.25, -0.2) is 0 Å². The Balaban J connectivity index is 2.15. The van der Waals surface area contributed by atoms with Crippen LogP contribution in [0, 0.1) is 0 Å². The Morgan fingerprint density at radius 1 is 1.16 bits per heavy atom. The molecule has 0 aliphatic rings. The fourth-order valence-corrected chi connectivity index (χ4v) is 2.17. The van der Waals surface area contributed by atoms with E-state index in [0.29, 0.717) is 6.42 Å². The molecule has 1 heterocycles. The number of nitrogens with two attached hydrogens (primary N) is 1. The SMILES string of the molecule is COC(c1ccccc1)C(Cc1ccccn1)NN. The number of rotatable bonds is 6. The second-order valence-corrected chi connectivity index (χ2v) is 4.37. The van der Waals surface area contributed by atoms with Gasteiger partial charge in [0.15, 0.2) is 0 Å². The minimum absolute atomic E-state index is 0.0256. The molecule has 3 N–H and O–H groups in total. The highest BCUT2D eigenvalue weighted by atomic mass is 16.5. The van der Waals surface area contributed by atoms with Crippen molar-refractivity contribution in [3.05, 3.63) is 66.0 Å². The van der Waals surface area contributed by atoms with Gasteiger partial charge in [0.1, 0.15) is 0 Å². The van der Waals surface area contributed by atoms with Crippen molar-refractivity contribution in [3.8, 4) is 0 Å². The zero-order valence-corrected chi connectivity index (χ0v) is 11.0. The average Bonchev–Trinajstić information content (AvgIpc) is 2.49. The number of ether oxygens (including phenoxy) is 1. The standard InChI is InChI=1S/C15H19N3O/c1-19-15(12-7-3-2-4-8-12)14(18-16)11-13-9-5-6-10-17-13/h2-10,14-15,18H,11,16H2,1H3. The van der Waals surface area contributed by atoms with E-state index in [-0.39, 0.29) is 12.1 Å². The normalized spacial score (nSPS) is 14.0. The average molecular weight is 257 g/mol. The van der Waals surface area contributed by atoms with Crippen LogP contribution in [0.1, 0.15) is 17.4 Å². The van der Waals surface area contributed by atoms with Gasteiger partial charge in [-0.05, 0) is 17.7 Å². The maximum Gasteiger partial charge on any atom is 0.0991 e. The van der Waals surface area contributed by atoms with Gasteiger partial charge in [-0.1, -0.05) is 36.4 Å². The van der Waals surface area contributed by atoms with Crippen molar-refractivity contribution >= 4 is 0 Å². The lowest BCUT2D eigenvalue weighted by Gasteiger charge is -2.25. The first kappa shape index (κ1) is 13.7. The maximum atomic E-state index is 5.68. The maximum absolute atomic E-state index is 5.68. The summed E-state index contributed by atoms with van der Waals surface area (Å²) in [5, 5.41) is 0. The minimum atomic E-state index is -0.104. The highest BCUT2D eigenvalue weighted by Gasteiger charge is 2.22. The van der Waals surface area contributed by atoms with E-state index in [1.54, 1.807) is 13.3 Å². The molecule has 0 amide bonds. The first-order chi connectivity index (χ1) is 9.35. The summed E-state index contributed by atoms with van der Waals surface area (Å²) in [4.78, 5) is 4.33. The second kappa shape index (κ2) is 6.99. The molecular formula is C15H19N3O. The van der Waals surface area contributed by atoms with Crippen molar-refractivity contribution in [1.29, 1.82) is 0 Å². The second-order valence-electron chi connectivity index (χ2n) is 4.37. The van der Waals surface area contributed by atoms with Crippen LogP contribution in [0.2, 0.25) is 0 Å². The summed E-state index contributed by atoms with van der Waals surface area (Å²) in [7, 11) is 1.69. The van der Waals surface area contributed by atoms with Crippen LogP contribution < -0.4 is 11.3 Å². The Bertz CT molecular complexity index is 475. The molecule has 2 rings (SSSR count). The van der Waals surface area contributed by atoms with E-state index in [4.69, 9.17) is 10.6 Å². The van der Waals surface area contributed by atoms with Crippen LogP contribution in [-0.2, 0) is 11.2 Å². The molecule has 1 aromatic carbocycles. The highest BCUT2D eigenvalue weighted by molar-refractivity contribution is 5.20. The van der Waals surface area contributed by atoms with E-state index in [0.717, 1.165) is 11.3 Å². The molecule has 0 spiro atoms. The number of hydrazine groups is 1. The summed E-state index contributed by atoms with van der Waals surface area (Å²) in [5.41, 5.74) is 4.93. The van der Waals surface area contributed by atoms with Crippen molar-refractivity contribution in [1.82, 2.24) is 10.4 Å². The molecular weight excluding hydrogens is 238 g/mol. The third-order valence-electron chi connectivity index (χ3n) is 3.12. The predicted octanol–water partition coefficient (Wildman–Crippen LogP) is 1.84. The monoisotopic (exact) mass is 257 g/mol. The number of methoxy groups -OCH3 is 1. The van der Waals surface area contributed by atoms with E-state index in [9.17, 15) is 0 Å². The molecule has 0 saturated carbocycles. The number of hydrogen-bond acceptors (Lipinski definition) is 4. The Kier molecular flexibility index (Phi) is 5.03. The molecule has 0 radical (unpaired) electrons. The van der Waals surface area contributed by atoms with Crippen LogP contribution in [0.5, 0.6) is 0 Å². The van der Waals surface area contributed by atoms with Crippen molar-refractivity contribution < 1.29 is 4.74 Å². The molecule has 2 atom stereocenters. The molecule has 2 unspecified atom stereocenters. The van der Waals surface area contributed by atoms with E-state index < -0.39 is 0 Å². The first-order valence-corrected chi connectivity index (χ1v) is 6.29. The van der Waals surface area contributed by atoms with E-state index >= 15 is 0 Å². The summed E-state index contributed by atoms with van der Waals surface area (Å²) in [6.07, 6.45) is 2.39. The van der Waals surface area contributed by atoms with Crippen LogP contribution in [0.25, 0.3) is 0 Å². The van der Waals surface area contributed by atoms with Gasteiger partial charge in [-0.3, -0.25) is 16.3 Å². The van der Waals surface area contributed by atoms with Gasteiger partial charge < -0.3 is 4.74 Å². The summed E-state index contributed by atoms with van der Waals surface area (Å²) < 4.78 is 5.59. The Labute approximate surface area is 113 Å². The van der Waals surface area contributed by atoms with Crippen LogP contribution in [0.15, 0.2) is 54.7 Å². The third kappa shape index (κ3) is 3.61. The third-order valence-corrected chi connectivity index (χ3v) is 3.12. The summed E-state index contributed by atoms with van der Waals surface area (Å²) in [6, 6.07) is 15.9. The molecule has 0 saturated heterocycles. The molecule has 100 valence electrons. The topological polar surface area (TPSA) is 60.2 Å².